The number of hydrogen-bond acceptors (Lipinski definition) is 4. The lowest BCUT2D eigenvalue weighted by Gasteiger charge is -2.40. The summed E-state index contributed by atoms with van der Waals surface area (Å²) in [5.74, 6) is 2.08. The number of rotatable bonds is 6. The molecule has 0 saturated carbocycles. The van der Waals surface area contributed by atoms with Crippen LogP contribution in [-0.4, -0.2) is 46.5 Å². The first-order valence-electron chi connectivity index (χ1n) is 10.6. The van der Waals surface area contributed by atoms with Crippen LogP contribution < -0.4 is 10.6 Å². The molecule has 0 amide bonds. The van der Waals surface area contributed by atoms with Gasteiger partial charge >= 0.3 is 0 Å². The Kier molecular flexibility index (Phi) is 7.25. The molecule has 1 aromatic carbocycles. The molecular weight excluding hydrogens is 364 g/mol. The molecule has 7 heteroatoms. The number of nitrogens with zero attached hydrogens (tertiary/aromatic N) is 4. The van der Waals surface area contributed by atoms with Gasteiger partial charge in [0.1, 0.15) is 12.9 Å². The largest absolute Gasteiger partial charge is 0.377 e. The third-order valence-corrected chi connectivity index (χ3v) is 5.21. The second kappa shape index (κ2) is 9.87. The van der Waals surface area contributed by atoms with Crippen LogP contribution in [0.1, 0.15) is 46.4 Å². The molecular formula is C22H34N6O. The minimum absolute atomic E-state index is 0.133. The summed E-state index contributed by atoms with van der Waals surface area (Å²) in [5, 5.41) is 15.2. The summed E-state index contributed by atoms with van der Waals surface area (Å²) in [6, 6.07) is 10.1. The van der Waals surface area contributed by atoms with Crippen molar-refractivity contribution in [2.75, 3.05) is 19.7 Å². The molecule has 1 fully saturated rings. The van der Waals surface area contributed by atoms with Gasteiger partial charge in [0.05, 0.1) is 6.10 Å². The molecule has 2 heterocycles. The third-order valence-electron chi connectivity index (χ3n) is 5.21. The Labute approximate surface area is 174 Å². The van der Waals surface area contributed by atoms with Crippen molar-refractivity contribution in [1.29, 1.82) is 0 Å². The van der Waals surface area contributed by atoms with Gasteiger partial charge in [-0.1, -0.05) is 39.0 Å². The Morgan fingerprint density at radius 3 is 2.76 bits per heavy atom. The van der Waals surface area contributed by atoms with Gasteiger partial charge in [0, 0.05) is 31.3 Å². The van der Waals surface area contributed by atoms with Gasteiger partial charge in [0.15, 0.2) is 11.8 Å². The number of aromatic nitrogens is 3. The van der Waals surface area contributed by atoms with Crippen molar-refractivity contribution in [2.45, 2.75) is 53.2 Å². The van der Waals surface area contributed by atoms with Crippen LogP contribution in [-0.2, 0) is 11.3 Å². The predicted molar refractivity (Wildman–Crippen MR) is 116 cm³/mol. The number of benzene rings is 1. The summed E-state index contributed by atoms with van der Waals surface area (Å²) in [6.07, 6.45) is 4.28. The van der Waals surface area contributed by atoms with Gasteiger partial charge in [0.25, 0.3) is 0 Å². The van der Waals surface area contributed by atoms with Gasteiger partial charge < -0.3 is 15.4 Å². The Morgan fingerprint density at radius 2 is 2.03 bits per heavy atom. The zero-order valence-corrected chi connectivity index (χ0v) is 18.1. The molecule has 1 aromatic heterocycles. The van der Waals surface area contributed by atoms with Gasteiger partial charge in [-0.05, 0) is 37.3 Å². The highest BCUT2D eigenvalue weighted by molar-refractivity contribution is 5.79. The molecule has 7 nitrogen and oxygen atoms in total. The van der Waals surface area contributed by atoms with Crippen LogP contribution in [0.2, 0.25) is 0 Å². The molecule has 158 valence electrons. The molecule has 2 atom stereocenters. The maximum atomic E-state index is 6.11. The Bertz CT molecular complexity index is 780. The topological polar surface area (TPSA) is 76.4 Å². The molecule has 2 N–H and O–H groups in total. The van der Waals surface area contributed by atoms with Crippen LogP contribution >= 0.6 is 0 Å². The molecule has 29 heavy (non-hydrogen) atoms. The second-order valence-electron chi connectivity index (χ2n) is 8.59. The average molecular weight is 399 g/mol. The van der Waals surface area contributed by atoms with E-state index in [4.69, 9.17) is 9.73 Å². The number of aliphatic imine (C=N–C) groups is 1. The van der Waals surface area contributed by atoms with Crippen molar-refractivity contribution in [3.8, 4) is 5.69 Å². The number of ether oxygens (including phenoxy) is 1. The fraction of sp³-hybridized carbons (Fsp3) is 0.591. The van der Waals surface area contributed by atoms with Crippen LogP contribution in [0.15, 0.2) is 41.7 Å². The fourth-order valence-corrected chi connectivity index (χ4v) is 3.90. The first-order chi connectivity index (χ1) is 14.0. The maximum absolute atomic E-state index is 6.11. The number of hydrogen-bond donors (Lipinski definition) is 2. The quantitative estimate of drug-likeness (QED) is 0.577. The van der Waals surface area contributed by atoms with Crippen LogP contribution in [0.25, 0.3) is 5.69 Å². The highest BCUT2D eigenvalue weighted by atomic mass is 16.5. The molecule has 0 spiro atoms. The number of para-hydroxylation sites is 1. The van der Waals surface area contributed by atoms with E-state index in [2.05, 4.69) is 48.5 Å². The van der Waals surface area contributed by atoms with Gasteiger partial charge in [-0.25, -0.2) is 4.99 Å². The van der Waals surface area contributed by atoms with Crippen molar-refractivity contribution in [2.24, 2.45) is 16.3 Å². The first kappa shape index (κ1) is 21.3. The molecule has 0 aliphatic carbocycles. The minimum Gasteiger partial charge on any atom is -0.377 e. The predicted octanol–water partition coefficient (Wildman–Crippen LogP) is 3.16. The molecule has 2 aromatic rings. The maximum Gasteiger partial charge on any atom is 0.191 e. The summed E-state index contributed by atoms with van der Waals surface area (Å²) in [7, 11) is 0. The Hall–Kier alpha value is -2.41. The van der Waals surface area contributed by atoms with E-state index in [1.807, 2.05) is 34.9 Å². The average Bonchev–Trinajstić information content (AvgIpc) is 3.19. The van der Waals surface area contributed by atoms with Crippen molar-refractivity contribution in [3.63, 3.8) is 0 Å². The summed E-state index contributed by atoms with van der Waals surface area (Å²) in [6.45, 7) is 11.8. The first-order valence-corrected chi connectivity index (χ1v) is 10.6. The van der Waals surface area contributed by atoms with E-state index >= 15 is 0 Å². The van der Waals surface area contributed by atoms with Crippen molar-refractivity contribution in [3.05, 3.63) is 42.5 Å². The van der Waals surface area contributed by atoms with E-state index in [1.165, 1.54) is 6.42 Å². The van der Waals surface area contributed by atoms with E-state index < -0.39 is 0 Å². The Balaban J connectivity index is 1.66. The third kappa shape index (κ3) is 5.79. The molecule has 0 bridgehead atoms. The smallest absolute Gasteiger partial charge is 0.191 e. The number of guanidine groups is 1. The monoisotopic (exact) mass is 398 g/mol. The van der Waals surface area contributed by atoms with Gasteiger partial charge in [-0.2, -0.15) is 0 Å². The zero-order valence-electron chi connectivity index (χ0n) is 18.1. The van der Waals surface area contributed by atoms with Gasteiger partial charge in [0.2, 0.25) is 0 Å². The standard InChI is InChI=1S/C22H34N6O/c1-5-23-21(24-14-17-10-9-13-29-20(17)22(2,3)4)25-15-19-27-26-16-28(19)18-11-7-6-8-12-18/h6-8,11-12,16-17,20H,5,9-10,13-15H2,1-4H3,(H2,23,24,25). The second-order valence-corrected chi connectivity index (χ2v) is 8.59. The van der Waals surface area contributed by atoms with E-state index in [-0.39, 0.29) is 11.5 Å². The molecule has 3 rings (SSSR count). The van der Waals surface area contributed by atoms with Crippen molar-refractivity contribution >= 4 is 5.96 Å². The van der Waals surface area contributed by atoms with Gasteiger partial charge in [-0.3, -0.25) is 4.57 Å². The normalized spacial score (nSPS) is 20.5. The van der Waals surface area contributed by atoms with Crippen LogP contribution in [0, 0.1) is 11.3 Å². The van der Waals surface area contributed by atoms with E-state index in [1.54, 1.807) is 6.33 Å². The highest BCUT2D eigenvalue weighted by Crippen LogP contribution is 2.33. The summed E-state index contributed by atoms with van der Waals surface area (Å²) in [4.78, 5) is 4.74. The SMILES string of the molecule is CCNC(=NCc1nncn1-c1ccccc1)NCC1CCCOC1C(C)(C)C. The van der Waals surface area contributed by atoms with Crippen LogP contribution in [0.5, 0.6) is 0 Å². The molecule has 2 unspecified atom stereocenters. The molecule has 0 radical (unpaired) electrons. The summed E-state index contributed by atoms with van der Waals surface area (Å²) in [5.41, 5.74) is 1.17. The summed E-state index contributed by atoms with van der Waals surface area (Å²) < 4.78 is 8.08. The van der Waals surface area contributed by atoms with Crippen LogP contribution in [0.4, 0.5) is 0 Å². The zero-order chi connectivity index (χ0) is 20.7. The Morgan fingerprint density at radius 1 is 1.24 bits per heavy atom. The molecule has 1 saturated heterocycles. The van der Waals surface area contributed by atoms with Crippen molar-refractivity contribution in [1.82, 2.24) is 25.4 Å². The van der Waals surface area contributed by atoms with E-state index in [9.17, 15) is 0 Å². The summed E-state index contributed by atoms with van der Waals surface area (Å²) >= 11 is 0. The lowest BCUT2D eigenvalue weighted by Crippen LogP contribution is -2.47. The van der Waals surface area contributed by atoms with Crippen LogP contribution in [0.3, 0.4) is 0 Å². The lowest BCUT2D eigenvalue weighted by atomic mass is 9.78. The number of nitrogens with one attached hydrogen (secondary N) is 2. The minimum atomic E-state index is 0.133. The molecule has 1 aliphatic heterocycles. The van der Waals surface area contributed by atoms with E-state index in [0.29, 0.717) is 12.5 Å². The van der Waals surface area contributed by atoms with Gasteiger partial charge in [-0.15, -0.1) is 10.2 Å². The van der Waals surface area contributed by atoms with Crippen molar-refractivity contribution < 1.29 is 4.74 Å². The molecule has 1 aliphatic rings. The van der Waals surface area contributed by atoms with E-state index in [0.717, 1.165) is 43.6 Å². The lowest BCUT2D eigenvalue weighted by molar-refractivity contribution is -0.0835. The highest BCUT2D eigenvalue weighted by Gasteiger charge is 2.35. The fourth-order valence-electron chi connectivity index (χ4n) is 3.90.